The number of allylic oxidation sites excluding steroid dienone is 2. The Morgan fingerprint density at radius 1 is 1.08 bits per heavy atom. The highest BCUT2D eigenvalue weighted by Gasteiger charge is 2.39. The molecule has 1 amide bonds. The van der Waals surface area contributed by atoms with Gasteiger partial charge in [0.15, 0.2) is 16.7 Å². The molecule has 0 atom stereocenters. The number of nitrogens with one attached hydrogen (secondary N) is 1. The Hall–Kier alpha value is -3.75. The summed E-state index contributed by atoms with van der Waals surface area (Å²) in [7, 11) is 0. The van der Waals surface area contributed by atoms with Crippen molar-refractivity contribution in [3.05, 3.63) is 84.0 Å². The number of nitrogens with zero attached hydrogens (tertiary/aromatic N) is 4. The number of anilines is 2. The highest BCUT2D eigenvalue weighted by atomic mass is 32.1. The van der Waals surface area contributed by atoms with Crippen LogP contribution in [-0.4, -0.2) is 52.0 Å². The van der Waals surface area contributed by atoms with E-state index in [2.05, 4.69) is 54.2 Å². The van der Waals surface area contributed by atoms with Gasteiger partial charge in [0.1, 0.15) is 11.5 Å². The summed E-state index contributed by atoms with van der Waals surface area (Å²) in [6.45, 7) is 9.65. The molecule has 3 aromatic rings. The second-order valence-corrected chi connectivity index (χ2v) is 9.28. The minimum Gasteiger partial charge on any atom is -0.438 e. The molecule has 0 aliphatic carbocycles. The predicted octanol–water partition coefficient (Wildman–Crippen LogP) is 5.30. The Balaban J connectivity index is 1.48. The Bertz CT molecular complexity index is 1400. The number of thiocarbonyl (C=S) groups is 1. The first kappa shape index (κ1) is 24.9. The molecule has 37 heavy (non-hydrogen) atoms. The van der Waals surface area contributed by atoms with Gasteiger partial charge < -0.3 is 19.9 Å². The van der Waals surface area contributed by atoms with Crippen LogP contribution in [0.3, 0.4) is 0 Å². The lowest BCUT2D eigenvalue weighted by atomic mass is 10.0. The van der Waals surface area contributed by atoms with Crippen LogP contribution in [0.25, 0.3) is 10.8 Å². The third-order valence-electron chi connectivity index (χ3n) is 6.86. The molecule has 1 fully saturated rings. The topological polar surface area (TPSA) is 60.9 Å². The van der Waals surface area contributed by atoms with Crippen LogP contribution in [0.1, 0.15) is 26.3 Å². The van der Waals surface area contributed by atoms with Crippen molar-refractivity contribution in [2.45, 2.75) is 27.2 Å². The van der Waals surface area contributed by atoms with Crippen molar-refractivity contribution in [2.24, 2.45) is 0 Å². The number of hydrogen-bond acceptors (Lipinski definition) is 6. The van der Waals surface area contributed by atoms with Gasteiger partial charge >= 0.3 is 0 Å². The van der Waals surface area contributed by atoms with E-state index in [1.54, 1.807) is 18.3 Å². The van der Waals surface area contributed by atoms with Crippen LogP contribution in [0.15, 0.2) is 78.5 Å². The Morgan fingerprint density at radius 2 is 1.86 bits per heavy atom. The van der Waals surface area contributed by atoms with E-state index in [-0.39, 0.29) is 5.91 Å². The number of amides is 1. The number of pyridine rings is 1. The first-order chi connectivity index (χ1) is 18.0. The summed E-state index contributed by atoms with van der Waals surface area (Å²) >= 11 is 5.78. The van der Waals surface area contributed by atoms with E-state index in [9.17, 15) is 4.79 Å². The predicted molar refractivity (Wildman–Crippen MR) is 153 cm³/mol. The molecule has 2 aliphatic rings. The number of hydrogen-bond donors (Lipinski definition) is 1. The van der Waals surface area contributed by atoms with Gasteiger partial charge in [-0.2, -0.15) is 0 Å². The van der Waals surface area contributed by atoms with Gasteiger partial charge in [-0.1, -0.05) is 51.1 Å². The van der Waals surface area contributed by atoms with Crippen molar-refractivity contribution in [1.82, 2.24) is 14.8 Å². The molecule has 1 N–H and O–H groups in total. The van der Waals surface area contributed by atoms with Gasteiger partial charge in [-0.05, 0) is 67.0 Å². The van der Waals surface area contributed by atoms with E-state index in [4.69, 9.17) is 17.0 Å². The second-order valence-electron chi connectivity index (χ2n) is 8.91. The molecule has 8 heteroatoms. The smallest absolute Gasteiger partial charge is 0.282 e. The van der Waals surface area contributed by atoms with Crippen LogP contribution in [0, 0.1) is 0 Å². The minimum atomic E-state index is -0.199. The summed E-state index contributed by atoms with van der Waals surface area (Å²) in [5.74, 6) is 1.71. The van der Waals surface area contributed by atoms with E-state index in [1.807, 2.05) is 35.2 Å². The number of rotatable bonds is 8. The number of carbonyl (C=O) groups is 1. The molecule has 0 unspecified atom stereocenters. The van der Waals surface area contributed by atoms with Crippen LogP contribution in [-0.2, 0) is 11.2 Å². The van der Waals surface area contributed by atoms with Gasteiger partial charge in [0.25, 0.3) is 5.91 Å². The largest absolute Gasteiger partial charge is 0.438 e. The Labute approximate surface area is 223 Å². The maximum atomic E-state index is 13.6. The van der Waals surface area contributed by atoms with Crippen LogP contribution in [0.5, 0.6) is 5.75 Å². The number of fused-ring (bicyclic) bond motifs is 3. The summed E-state index contributed by atoms with van der Waals surface area (Å²) in [6.07, 6.45) is 6.15. The Kier molecular flexibility index (Phi) is 7.21. The molecule has 7 nitrogen and oxygen atoms in total. The van der Waals surface area contributed by atoms with Crippen molar-refractivity contribution >= 4 is 45.5 Å². The maximum Gasteiger partial charge on any atom is 0.282 e. The fraction of sp³-hybridized carbons (Fsp3) is 0.276. The van der Waals surface area contributed by atoms with E-state index in [0.29, 0.717) is 29.1 Å². The molecule has 0 radical (unpaired) electrons. The van der Waals surface area contributed by atoms with Gasteiger partial charge in [0, 0.05) is 30.7 Å². The molecule has 2 aliphatic heterocycles. The number of ether oxygens (including phenoxy) is 1. The number of benzene rings is 2. The molecule has 1 saturated heterocycles. The lowest BCUT2D eigenvalue weighted by Crippen LogP contribution is -2.38. The van der Waals surface area contributed by atoms with E-state index in [0.717, 1.165) is 48.3 Å². The highest BCUT2D eigenvalue weighted by molar-refractivity contribution is 7.80. The number of carbonyl (C=O) groups excluding carboxylic acids is 1. The standard InChI is InChI=1S/C29H31N5O2S/c1-4-20-19-21-11-7-8-12-22(21)27-26(20)31-25(36-27)15-14-23-28(35)34(24-13-9-10-16-30-24)29(37)33(23)18-17-32(5-2)6-3/h7-16,19,31H,4-6,17-18H2,1-3H3. The maximum absolute atomic E-state index is 13.6. The summed E-state index contributed by atoms with van der Waals surface area (Å²) in [5, 5.41) is 6.05. The van der Waals surface area contributed by atoms with Gasteiger partial charge in [0.2, 0.25) is 0 Å². The zero-order valence-corrected chi connectivity index (χ0v) is 22.2. The molecule has 0 saturated carbocycles. The van der Waals surface area contributed by atoms with Gasteiger partial charge in [-0.25, -0.2) is 9.88 Å². The van der Waals surface area contributed by atoms with Crippen molar-refractivity contribution in [3.63, 3.8) is 0 Å². The molecule has 3 heterocycles. The number of aromatic nitrogens is 1. The zero-order chi connectivity index (χ0) is 25.9. The Morgan fingerprint density at radius 3 is 2.59 bits per heavy atom. The van der Waals surface area contributed by atoms with Crippen LogP contribution < -0.4 is 15.0 Å². The van der Waals surface area contributed by atoms with Crippen LogP contribution in [0.4, 0.5) is 11.5 Å². The van der Waals surface area contributed by atoms with Crippen molar-refractivity contribution < 1.29 is 9.53 Å². The van der Waals surface area contributed by atoms with Crippen molar-refractivity contribution in [1.29, 1.82) is 0 Å². The van der Waals surface area contributed by atoms with Gasteiger partial charge in [0.05, 0.1) is 5.69 Å². The fourth-order valence-electron chi connectivity index (χ4n) is 4.77. The van der Waals surface area contributed by atoms with Crippen LogP contribution >= 0.6 is 12.2 Å². The molecular formula is C29H31N5O2S. The molecule has 1 aromatic heterocycles. The minimum absolute atomic E-state index is 0.199. The third kappa shape index (κ3) is 4.70. The average molecular weight is 514 g/mol. The molecule has 190 valence electrons. The SMILES string of the molecule is CCc1cc2ccccc2c2c1NC(=CC=C1C(=O)N(c3ccccn3)C(=S)N1CCN(CC)CC)O2. The monoisotopic (exact) mass is 513 g/mol. The van der Waals surface area contributed by atoms with E-state index in [1.165, 1.54) is 10.5 Å². The third-order valence-corrected chi connectivity index (χ3v) is 7.27. The molecular weight excluding hydrogens is 482 g/mol. The first-order valence-electron chi connectivity index (χ1n) is 12.8. The lowest BCUT2D eigenvalue weighted by Gasteiger charge is -2.24. The van der Waals surface area contributed by atoms with Crippen molar-refractivity contribution in [2.75, 3.05) is 36.4 Å². The van der Waals surface area contributed by atoms with Crippen molar-refractivity contribution in [3.8, 4) is 5.75 Å². The summed E-state index contributed by atoms with van der Waals surface area (Å²) in [5.41, 5.74) is 2.66. The normalized spacial score (nSPS) is 17.3. The lowest BCUT2D eigenvalue weighted by molar-refractivity contribution is -0.114. The van der Waals surface area contributed by atoms with Gasteiger partial charge in [-0.15, -0.1) is 0 Å². The zero-order valence-electron chi connectivity index (χ0n) is 21.4. The van der Waals surface area contributed by atoms with E-state index >= 15 is 0 Å². The fourth-order valence-corrected chi connectivity index (χ4v) is 5.13. The summed E-state index contributed by atoms with van der Waals surface area (Å²) in [4.78, 5) is 23.7. The molecule has 0 spiro atoms. The number of likely N-dealkylation sites (N-methyl/N-ethyl adjacent to an activating group) is 1. The quantitative estimate of drug-likeness (QED) is 0.324. The molecule has 2 aromatic carbocycles. The molecule has 5 rings (SSSR count). The molecule has 0 bridgehead atoms. The van der Waals surface area contributed by atoms with Crippen LogP contribution in [0.2, 0.25) is 0 Å². The number of aryl methyl sites for hydroxylation is 1. The second kappa shape index (κ2) is 10.7. The average Bonchev–Trinajstić information content (AvgIpc) is 3.46. The summed E-state index contributed by atoms with van der Waals surface area (Å²) in [6, 6.07) is 15.9. The highest BCUT2D eigenvalue weighted by Crippen LogP contribution is 2.43. The summed E-state index contributed by atoms with van der Waals surface area (Å²) < 4.78 is 6.27. The van der Waals surface area contributed by atoms with Gasteiger partial charge in [-0.3, -0.25) is 4.79 Å². The van der Waals surface area contributed by atoms with E-state index < -0.39 is 0 Å². The first-order valence-corrected chi connectivity index (χ1v) is 13.2.